The van der Waals surface area contributed by atoms with Gasteiger partial charge in [0.15, 0.2) is 5.82 Å². The minimum atomic E-state index is -1.52. The Bertz CT molecular complexity index is 1750. The van der Waals surface area contributed by atoms with Crippen molar-refractivity contribution in [1.29, 1.82) is 0 Å². The number of aromatic nitrogens is 4. The molecule has 0 saturated heterocycles. The number of H-pyrrole nitrogens is 1. The topological polar surface area (TPSA) is 127 Å². The van der Waals surface area contributed by atoms with E-state index in [4.69, 9.17) is 0 Å². The first-order valence-corrected chi connectivity index (χ1v) is 13.0. The zero-order chi connectivity index (χ0) is 27.5. The van der Waals surface area contributed by atoms with Crippen molar-refractivity contribution in [2.75, 3.05) is 5.32 Å². The molecule has 1 atom stereocenters. The van der Waals surface area contributed by atoms with Gasteiger partial charge in [0.05, 0.1) is 5.41 Å². The van der Waals surface area contributed by atoms with E-state index in [1.165, 1.54) is 0 Å². The van der Waals surface area contributed by atoms with Gasteiger partial charge in [-0.2, -0.15) is 4.98 Å². The molecule has 0 aliphatic heterocycles. The van der Waals surface area contributed by atoms with Gasteiger partial charge in [-0.05, 0) is 35.7 Å². The molecule has 8 rings (SSSR count). The molecule has 9 heteroatoms. The quantitative estimate of drug-likeness (QED) is 0.228. The largest absolute Gasteiger partial charge is 0.293 e. The molecule has 2 heterocycles. The maximum Gasteiger partial charge on any atom is 0.273 e. The Balaban J connectivity index is 1.24. The molecule has 3 aliphatic carbocycles. The van der Waals surface area contributed by atoms with Crippen LogP contribution in [0.15, 0.2) is 97.3 Å². The molecule has 0 fully saturated rings. The summed E-state index contributed by atoms with van der Waals surface area (Å²) in [5, 5.41) is 22.9. The predicted molar refractivity (Wildman–Crippen MR) is 149 cm³/mol. The van der Waals surface area contributed by atoms with Gasteiger partial charge in [0.2, 0.25) is 11.9 Å². The van der Waals surface area contributed by atoms with Crippen LogP contribution in [-0.4, -0.2) is 31.0 Å². The average molecular weight is 529 g/mol. The van der Waals surface area contributed by atoms with Crippen molar-refractivity contribution in [1.82, 2.24) is 20.2 Å². The number of nitrogens with zero attached hydrogens (tertiary/aromatic N) is 4. The van der Waals surface area contributed by atoms with E-state index in [-0.39, 0.29) is 29.1 Å². The second kappa shape index (κ2) is 8.67. The van der Waals surface area contributed by atoms with Gasteiger partial charge in [-0.15, -0.1) is 5.10 Å². The van der Waals surface area contributed by atoms with Crippen LogP contribution < -0.4 is 5.32 Å². The fourth-order valence-corrected chi connectivity index (χ4v) is 6.62. The van der Waals surface area contributed by atoms with Crippen molar-refractivity contribution in [2.45, 2.75) is 24.8 Å². The van der Waals surface area contributed by atoms with Crippen LogP contribution in [0.1, 0.15) is 41.5 Å². The van der Waals surface area contributed by atoms with E-state index < -0.39 is 11.0 Å². The highest BCUT2D eigenvalue weighted by Crippen LogP contribution is 2.63. The third-order valence-electron chi connectivity index (χ3n) is 8.37. The molecule has 0 radical (unpaired) electrons. The van der Waals surface area contributed by atoms with E-state index >= 15 is 0 Å². The number of hydrogen-bond acceptors (Lipinski definition) is 6. The fraction of sp³-hybridized carbons (Fsp3) is 0.161. The Kier molecular flexibility index (Phi) is 5.18. The van der Waals surface area contributed by atoms with Crippen molar-refractivity contribution < 1.29 is 9.72 Å². The highest BCUT2D eigenvalue weighted by Gasteiger charge is 2.67. The minimum Gasteiger partial charge on any atom is -0.293 e. The normalized spacial score (nSPS) is 22.3. The Morgan fingerprint density at radius 2 is 1.62 bits per heavy atom. The van der Waals surface area contributed by atoms with E-state index in [2.05, 4.69) is 25.5 Å². The summed E-state index contributed by atoms with van der Waals surface area (Å²) in [4.78, 5) is 35.4. The van der Waals surface area contributed by atoms with E-state index in [9.17, 15) is 14.9 Å². The molecule has 0 unspecified atom stereocenters. The van der Waals surface area contributed by atoms with E-state index in [0.717, 1.165) is 27.8 Å². The molecule has 0 spiro atoms. The molecule has 0 saturated carbocycles. The molecule has 2 aromatic heterocycles. The average Bonchev–Trinajstić information content (AvgIpc) is 3.46. The number of rotatable bonds is 5. The van der Waals surface area contributed by atoms with Crippen LogP contribution in [0.5, 0.6) is 0 Å². The van der Waals surface area contributed by atoms with Crippen LogP contribution in [0.4, 0.5) is 5.95 Å². The van der Waals surface area contributed by atoms with Gasteiger partial charge in [-0.1, -0.05) is 72.8 Å². The van der Waals surface area contributed by atoms with E-state index in [1.807, 2.05) is 91.9 Å². The van der Waals surface area contributed by atoms with Gasteiger partial charge in [0.1, 0.15) is 0 Å². The number of aromatic amines is 1. The van der Waals surface area contributed by atoms with E-state index in [0.29, 0.717) is 17.0 Å². The van der Waals surface area contributed by atoms with Crippen LogP contribution in [0.3, 0.4) is 0 Å². The van der Waals surface area contributed by atoms with Crippen LogP contribution in [0.25, 0.3) is 22.5 Å². The zero-order valence-corrected chi connectivity index (χ0v) is 21.5. The van der Waals surface area contributed by atoms with Crippen molar-refractivity contribution in [3.05, 3.63) is 130 Å². The smallest absolute Gasteiger partial charge is 0.273 e. The molecule has 3 aliphatic rings. The summed E-state index contributed by atoms with van der Waals surface area (Å²) in [6.07, 6.45) is 3.54. The number of hydrogen-bond donors (Lipinski definition) is 2. The van der Waals surface area contributed by atoms with Crippen LogP contribution in [0.2, 0.25) is 0 Å². The predicted octanol–water partition coefficient (Wildman–Crippen LogP) is 5.55. The summed E-state index contributed by atoms with van der Waals surface area (Å²) in [5.74, 6) is -0.0984. The van der Waals surface area contributed by atoms with Gasteiger partial charge >= 0.3 is 0 Å². The van der Waals surface area contributed by atoms with Crippen molar-refractivity contribution in [3.63, 3.8) is 0 Å². The van der Waals surface area contributed by atoms with Gasteiger partial charge < -0.3 is 0 Å². The lowest BCUT2D eigenvalue weighted by Crippen LogP contribution is -2.57. The lowest BCUT2D eigenvalue weighted by Gasteiger charge is -2.52. The van der Waals surface area contributed by atoms with Crippen LogP contribution in [0, 0.1) is 15.5 Å². The molecule has 196 valence electrons. The molecule has 3 aromatic carbocycles. The fourth-order valence-electron chi connectivity index (χ4n) is 6.62. The van der Waals surface area contributed by atoms with E-state index in [1.54, 1.807) is 12.4 Å². The highest BCUT2D eigenvalue weighted by atomic mass is 16.6. The zero-order valence-electron chi connectivity index (χ0n) is 21.5. The number of nitrogens with one attached hydrogen (secondary N) is 2. The van der Waals surface area contributed by atoms with Gasteiger partial charge in [-0.3, -0.25) is 30.3 Å². The summed E-state index contributed by atoms with van der Waals surface area (Å²) in [6, 6.07) is 26.5. The standard InChI is InChI=1S/C31H24N6O3/c1-30(18-31(37(39)40)24-13-4-2-11-22(24)26(30)23-12-3-5-14-25(23)31)28(38)34-29-33-27(35-36-29)20-9-6-8-19(16-20)21-10-7-15-32-17-21/h2-17,26H,18H2,1H3,(H2,33,34,35,36,38)/t26?,30-,31?/m0/s1. The lowest BCUT2D eigenvalue weighted by atomic mass is 9.49. The third kappa shape index (κ3) is 3.34. The number of carbonyl (C=O) groups excluding carboxylic acids is 1. The molecule has 5 aromatic rings. The summed E-state index contributed by atoms with van der Waals surface area (Å²) in [7, 11) is 0. The van der Waals surface area contributed by atoms with Crippen molar-refractivity contribution in [2.24, 2.45) is 5.41 Å². The number of nitro groups is 1. The molecule has 40 heavy (non-hydrogen) atoms. The van der Waals surface area contributed by atoms with Crippen molar-refractivity contribution in [3.8, 4) is 22.5 Å². The summed E-state index contributed by atoms with van der Waals surface area (Å²) >= 11 is 0. The number of amides is 1. The number of benzene rings is 3. The molecular formula is C31H24N6O3. The molecule has 2 bridgehead atoms. The van der Waals surface area contributed by atoms with Gasteiger partial charge in [0.25, 0.3) is 5.54 Å². The molecule has 2 N–H and O–H groups in total. The first kappa shape index (κ1) is 23.9. The maximum absolute atomic E-state index is 14.0. The third-order valence-corrected chi connectivity index (χ3v) is 8.37. The summed E-state index contributed by atoms with van der Waals surface area (Å²) < 4.78 is 0. The minimum absolute atomic E-state index is 0.0297. The first-order chi connectivity index (χ1) is 19.4. The summed E-state index contributed by atoms with van der Waals surface area (Å²) in [5.41, 5.74) is 3.03. The maximum atomic E-state index is 14.0. The number of fused-ring (bicyclic) bond motifs is 1. The van der Waals surface area contributed by atoms with Crippen molar-refractivity contribution >= 4 is 11.9 Å². The number of carbonyl (C=O) groups is 1. The first-order valence-electron chi connectivity index (χ1n) is 13.0. The van der Waals surface area contributed by atoms with Crippen LogP contribution in [-0.2, 0) is 10.3 Å². The Morgan fingerprint density at radius 3 is 2.30 bits per heavy atom. The Hall–Kier alpha value is -5.18. The Morgan fingerprint density at radius 1 is 0.950 bits per heavy atom. The molecular weight excluding hydrogens is 504 g/mol. The van der Waals surface area contributed by atoms with Crippen LogP contribution >= 0.6 is 0 Å². The monoisotopic (exact) mass is 528 g/mol. The molecule has 9 nitrogen and oxygen atoms in total. The number of anilines is 1. The second-order valence-corrected chi connectivity index (χ2v) is 10.6. The van der Waals surface area contributed by atoms with Gasteiger partial charge in [0, 0.05) is 51.9 Å². The summed E-state index contributed by atoms with van der Waals surface area (Å²) in [6.45, 7) is 1.81. The highest BCUT2D eigenvalue weighted by molar-refractivity contribution is 5.96. The number of pyridine rings is 1. The van der Waals surface area contributed by atoms with Gasteiger partial charge in [-0.25, -0.2) is 0 Å². The molecule has 1 amide bonds. The Labute approximate surface area is 229 Å². The lowest BCUT2D eigenvalue weighted by molar-refractivity contribution is -0.573. The second-order valence-electron chi connectivity index (χ2n) is 10.6. The SMILES string of the molecule is C[C@]1(C(=O)Nc2n[nH]c(-c3cccc(-c4cccnc4)c3)n2)CC2([N+](=O)[O-])c3ccccc3C1c1ccccc12.